The van der Waals surface area contributed by atoms with Crippen LogP contribution < -0.4 is 5.32 Å². The first-order chi connectivity index (χ1) is 9.72. The number of aliphatic hydroxyl groups is 1. The molecule has 0 aliphatic carbocycles. The van der Waals surface area contributed by atoms with Crippen LogP contribution in [0.2, 0.25) is 0 Å². The van der Waals surface area contributed by atoms with Crippen molar-refractivity contribution in [3.63, 3.8) is 0 Å². The molecule has 0 radical (unpaired) electrons. The molecule has 1 heterocycles. The number of para-hydroxylation sites is 1. The number of aliphatic hydroxyl groups excluding tert-OH is 1. The minimum absolute atomic E-state index is 0.0320. The molecule has 5 heteroatoms. The SMILES string of the molecule is CCC(CCO)NC(=O)CCc1nc2ccccc2s1. The average Bonchev–Trinajstić information content (AvgIpc) is 2.87. The smallest absolute Gasteiger partial charge is 0.220 e. The Hall–Kier alpha value is -1.46. The summed E-state index contributed by atoms with van der Waals surface area (Å²) in [6, 6.07) is 8.08. The molecule has 0 fully saturated rings. The Morgan fingerprint density at radius 2 is 2.25 bits per heavy atom. The molecule has 0 saturated heterocycles. The highest BCUT2D eigenvalue weighted by molar-refractivity contribution is 7.18. The Bertz CT molecular complexity index is 535. The van der Waals surface area contributed by atoms with E-state index in [0.717, 1.165) is 21.6 Å². The van der Waals surface area contributed by atoms with Crippen LogP contribution in [-0.2, 0) is 11.2 Å². The summed E-state index contributed by atoms with van der Waals surface area (Å²) in [5.41, 5.74) is 1.000. The molecule has 108 valence electrons. The van der Waals surface area contributed by atoms with Crippen LogP contribution in [0, 0.1) is 0 Å². The maximum Gasteiger partial charge on any atom is 0.220 e. The first kappa shape index (κ1) is 14.9. The number of nitrogens with one attached hydrogen (secondary N) is 1. The molecule has 1 atom stereocenters. The molecule has 2 rings (SSSR count). The predicted molar refractivity (Wildman–Crippen MR) is 81.9 cm³/mol. The van der Waals surface area contributed by atoms with Gasteiger partial charge in [0, 0.05) is 25.5 Å². The van der Waals surface area contributed by atoms with Gasteiger partial charge in [-0.1, -0.05) is 19.1 Å². The van der Waals surface area contributed by atoms with Crippen molar-refractivity contribution in [1.82, 2.24) is 10.3 Å². The number of hydrogen-bond acceptors (Lipinski definition) is 4. The zero-order chi connectivity index (χ0) is 14.4. The lowest BCUT2D eigenvalue weighted by Gasteiger charge is -2.15. The van der Waals surface area contributed by atoms with Crippen LogP contribution in [0.25, 0.3) is 10.2 Å². The Labute approximate surface area is 122 Å². The number of aromatic nitrogens is 1. The van der Waals surface area contributed by atoms with Crippen LogP contribution >= 0.6 is 11.3 Å². The number of aryl methyl sites for hydroxylation is 1. The van der Waals surface area contributed by atoms with Crippen molar-refractivity contribution >= 4 is 27.5 Å². The van der Waals surface area contributed by atoms with Crippen molar-refractivity contribution in [3.8, 4) is 0 Å². The van der Waals surface area contributed by atoms with Crippen molar-refractivity contribution in [2.24, 2.45) is 0 Å². The van der Waals surface area contributed by atoms with Crippen molar-refractivity contribution in [1.29, 1.82) is 0 Å². The molecular weight excluding hydrogens is 272 g/mol. The quantitative estimate of drug-likeness (QED) is 0.824. The van der Waals surface area contributed by atoms with E-state index in [-0.39, 0.29) is 18.6 Å². The van der Waals surface area contributed by atoms with Crippen molar-refractivity contribution in [3.05, 3.63) is 29.3 Å². The normalized spacial score (nSPS) is 12.5. The molecular formula is C15H20N2O2S. The largest absolute Gasteiger partial charge is 0.396 e. The molecule has 20 heavy (non-hydrogen) atoms. The van der Waals surface area contributed by atoms with Gasteiger partial charge in [-0.05, 0) is 25.0 Å². The third kappa shape index (κ3) is 4.02. The Morgan fingerprint density at radius 1 is 1.45 bits per heavy atom. The van der Waals surface area contributed by atoms with Gasteiger partial charge < -0.3 is 10.4 Å². The van der Waals surface area contributed by atoms with E-state index < -0.39 is 0 Å². The van der Waals surface area contributed by atoms with Crippen molar-refractivity contribution in [2.45, 2.75) is 38.6 Å². The van der Waals surface area contributed by atoms with Gasteiger partial charge in [-0.3, -0.25) is 4.79 Å². The average molecular weight is 292 g/mol. The highest BCUT2D eigenvalue weighted by Crippen LogP contribution is 2.22. The fourth-order valence-corrected chi connectivity index (χ4v) is 3.05. The lowest BCUT2D eigenvalue weighted by atomic mass is 10.1. The number of carbonyl (C=O) groups excluding carboxylic acids is 1. The van der Waals surface area contributed by atoms with Gasteiger partial charge >= 0.3 is 0 Å². The fraction of sp³-hybridized carbons (Fsp3) is 0.467. The third-order valence-corrected chi connectivity index (χ3v) is 4.34. The number of nitrogens with zero attached hydrogens (tertiary/aromatic N) is 1. The van der Waals surface area contributed by atoms with E-state index in [9.17, 15) is 4.79 Å². The molecule has 2 N–H and O–H groups in total. The monoisotopic (exact) mass is 292 g/mol. The molecule has 0 saturated carbocycles. The summed E-state index contributed by atoms with van der Waals surface area (Å²) < 4.78 is 1.16. The maximum atomic E-state index is 11.9. The van der Waals surface area contributed by atoms with Gasteiger partial charge in [0.05, 0.1) is 15.2 Å². The van der Waals surface area contributed by atoms with E-state index >= 15 is 0 Å². The van der Waals surface area contributed by atoms with E-state index in [2.05, 4.69) is 10.3 Å². The van der Waals surface area contributed by atoms with Crippen LogP contribution in [0.5, 0.6) is 0 Å². The third-order valence-electron chi connectivity index (χ3n) is 3.24. The van der Waals surface area contributed by atoms with Crippen LogP contribution in [0.15, 0.2) is 24.3 Å². The molecule has 0 aliphatic rings. The van der Waals surface area contributed by atoms with E-state index in [1.165, 1.54) is 0 Å². The van der Waals surface area contributed by atoms with E-state index in [0.29, 0.717) is 19.3 Å². The summed E-state index contributed by atoms with van der Waals surface area (Å²) in [5.74, 6) is 0.0320. The number of hydrogen-bond donors (Lipinski definition) is 2. The first-order valence-electron chi connectivity index (χ1n) is 6.97. The van der Waals surface area contributed by atoms with E-state index in [1.807, 2.05) is 31.2 Å². The summed E-state index contributed by atoms with van der Waals surface area (Å²) >= 11 is 1.64. The fourth-order valence-electron chi connectivity index (χ4n) is 2.08. The molecule has 1 aromatic carbocycles. The number of carbonyl (C=O) groups is 1. The zero-order valence-electron chi connectivity index (χ0n) is 11.6. The molecule has 1 unspecified atom stereocenters. The Morgan fingerprint density at radius 3 is 2.95 bits per heavy atom. The van der Waals surface area contributed by atoms with E-state index in [1.54, 1.807) is 11.3 Å². The van der Waals surface area contributed by atoms with Gasteiger partial charge in [-0.15, -0.1) is 11.3 Å². The lowest BCUT2D eigenvalue weighted by Crippen LogP contribution is -2.35. The number of amides is 1. The number of rotatable bonds is 7. The second-order valence-electron chi connectivity index (χ2n) is 4.76. The number of fused-ring (bicyclic) bond motifs is 1. The summed E-state index contributed by atoms with van der Waals surface area (Å²) in [6.45, 7) is 2.12. The molecule has 2 aromatic rings. The van der Waals surface area contributed by atoms with E-state index in [4.69, 9.17) is 5.11 Å². The molecule has 0 spiro atoms. The van der Waals surface area contributed by atoms with Crippen LogP contribution in [0.1, 0.15) is 31.2 Å². The topological polar surface area (TPSA) is 62.2 Å². The molecule has 1 amide bonds. The Balaban J connectivity index is 1.86. The minimum atomic E-state index is 0.0320. The van der Waals surface area contributed by atoms with Crippen LogP contribution in [-0.4, -0.2) is 28.6 Å². The zero-order valence-corrected chi connectivity index (χ0v) is 12.4. The summed E-state index contributed by atoms with van der Waals surface area (Å²) in [5, 5.41) is 12.9. The molecule has 1 aromatic heterocycles. The second-order valence-corrected chi connectivity index (χ2v) is 5.88. The van der Waals surface area contributed by atoms with Crippen molar-refractivity contribution < 1.29 is 9.90 Å². The summed E-state index contributed by atoms with van der Waals surface area (Å²) in [4.78, 5) is 16.4. The maximum absolute atomic E-state index is 11.9. The first-order valence-corrected chi connectivity index (χ1v) is 7.79. The highest BCUT2D eigenvalue weighted by atomic mass is 32.1. The van der Waals surface area contributed by atoms with Gasteiger partial charge in [0.1, 0.15) is 0 Å². The number of benzene rings is 1. The minimum Gasteiger partial charge on any atom is -0.396 e. The standard InChI is InChI=1S/C15H20N2O2S/c1-2-11(9-10-18)16-14(19)7-8-15-17-12-5-3-4-6-13(12)20-15/h3-6,11,18H,2,7-10H2,1H3,(H,16,19). The second kappa shape index (κ2) is 7.36. The van der Waals surface area contributed by atoms with Gasteiger partial charge in [0.25, 0.3) is 0 Å². The van der Waals surface area contributed by atoms with Crippen molar-refractivity contribution in [2.75, 3.05) is 6.61 Å². The number of thiazole rings is 1. The predicted octanol–water partition coefficient (Wildman–Crippen LogP) is 2.51. The van der Waals surface area contributed by atoms with Gasteiger partial charge in [-0.2, -0.15) is 0 Å². The summed E-state index contributed by atoms with van der Waals surface area (Å²) in [7, 11) is 0. The van der Waals surface area contributed by atoms with Gasteiger partial charge in [0.15, 0.2) is 0 Å². The van der Waals surface area contributed by atoms with Gasteiger partial charge in [-0.25, -0.2) is 4.98 Å². The highest BCUT2D eigenvalue weighted by Gasteiger charge is 2.11. The Kier molecular flexibility index (Phi) is 5.49. The van der Waals surface area contributed by atoms with Crippen LogP contribution in [0.4, 0.5) is 0 Å². The summed E-state index contributed by atoms with van der Waals surface area (Å²) in [6.07, 6.45) is 2.57. The molecule has 0 bridgehead atoms. The van der Waals surface area contributed by atoms with Crippen LogP contribution in [0.3, 0.4) is 0 Å². The molecule has 0 aliphatic heterocycles. The van der Waals surface area contributed by atoms with Gasteiger partial charge in [0.2, 0.25) is 5.91 Å². The lowest BCUT2D eigenvalue weighted by molar-refractivity contribution is -0.121. The molecule has 4 nitrogen and oxygen atoms in total.